The van der Waals surface area contributed by atoms with E-state index in [1.807, 2.05) is 42.5 Å². The van der Waals surface area contributed by atoms with Crippen molar-refractivity contribution in [2.45, 2.75) is 11.5 Å². The first kappa shape index (κ1) is 13.9. The third kappa shape index (κ3) is 2.04. The zero-order valence-corrected chi connectivity index (χ0v) is 12.7. The minimum atomic E-state index is -0.955. The number of benzene rings is 2. The molecule has 2 heterocycles. The summed E-state index contributed by atoms with van der Waals surface area (Å²) in [5.41, 5.74) is 0.647. The number of nitrogens with zero attached hydrogens (tertiary/aromatic N) is 2. The Bertz CT molecular complexity index is 785. The summed E-state index contributed by atoms with van der Waals surface area (Å²) in [7, 11) is 1.63. The van der Waals surface area contributed by atoms with E-state index in [1.165, 1.54) is 0 Å². The highest BCUT2D eigenvalue weighted by atomic mass is 16.5. The minimum Gasteiger partial charge on any atom is -0.497 e. The Labute approximate surface area is 134 Å². The van der Waals surface area contributed by atoms with E-state index in [0.717, 1.165) is 11.3 Å². The average molecular weight is 308 g/mol. The second kappa shape index (κ2) is 5.19. The SMILES string of the molecule is COc1ccc([C@H]2CN=N[C@]23COc2ccccc2C3=O)cc1. The van der Waals surface area contributed by atoms with Crippen LogP contribution in [0.15, 0.2) is 58.8 Å². The number of Topliss-reactive ketones (excluding diaryl/α,β-unsaturated/α-hetero) is 1. The van der Waals surface area contributed by atoms with E-state index in [9.17, 15) is 4.79 Å². The molecule has 1 spiro atoms. The summed E-state index contributed by atoms with van der Waals surface area (Å²) in [5, 5.41) is 8.50. The standard InChI is InChI=1S/C18H16N2O3/c1-22-13-8-6-12(7-9-13)15-10-19-20-18(15)11-23-16-5-3-2-4-14(16)17(18)21/h2-9,15H,10-11H2,1H3/t15-,18-/m1/s1. The Hall–Kier alpha value is -2.69. The maximum Gasteiger partial charge on any atom is 0.200 e. The highest BCUT2D eigenvalue weighted by molar-refractivity contribution is 6.07. The molecule has 5 nitrogen and oxygen atoms in total. The first-order chi connectivity index (χ1) is 11.2. The molecule has 4 rings (SSSR count). The number of methoxy groups -OCH3 is 1. The molecule has 2 atom stereocenters. The molecule has 0 aliphatic carbocycles. The molecule has 0 amide bonds. The van der Waals surface area contributed by atoms with Gasteiger partial charge in [-0.2, -0.15) is 10.2 Å². The fourth-order valence-corrected chi connectivity index (χ4v) is 3.29. The van der Waals surface area contributed by atoms with Gasteiger partial charge in [-0.25, -0.2) is 0 Å². The second-order valence-corrected chi connectivity index (χ2v) is 5.79. The number of azo groups is 1. The Morgan fingerprint density at radius 1 is 1.17 bits per heavy atom. The van der Waals surface area contributed by atoms with Gasteiger partial charge in [0.1, 0.15) is 18.1 Å². The van der Waals surface area contributed by atoms with Crippen LogP contribution in [0.4, 0.5) is 0 Å². The summed E-state index contributed by atoms with van der Waals surface area (Å²) < 4.78 is 11.0. The molecule has 2 aliphatic rings. The molecule has 0 fully saturated rings. The number of ether oxygens (including phenoxy) is 2. The van der Waals surface area contributed by atoms with Crippen LogP contribution in [-0.2, 0) is 0 Å². The number of carbonyl (C=O) groups excluding carboxylic acids is 1. The third-order valence-electron chi connectivity index (χ3n) is 4.58. The topological polar surface area (TPSA) is 60.3 Å². The van der Waals surface area contributed by atoms with Gasteiger partial charge >= 0.3 is 0 Å². The van der Waals surface area contributed by atoms with Crippen LogP contribution < -0.4 is 9.47 Å². The van der Waals surface area contributed by atoms with Crippen molar-refractivity contribution < 1.29 is 14.3 Å². The summed E-state index contributed by atoms with van der Waals surface area (Å²) in [5.74, 6) is 1.28. The zero-order valence-electron chi connectivity index (χ0n) is 12.7. The van der Waals surface area contributed by atoms with Crippen LogP contribution >= 0.6 is 0 Å². The van der Waals surface area contributed by atoms with Gasteiger partial charge in [0.2, 0.25) is 0 Å². The smallest absolute Gasteiger partial charge is 0.200 e. The largest absolute Gasteiger partial charge is 0.497 e. The van der Waals surface area contributed by atoms with Crippen molar-refractivity contribution in [1.29, 1.82) is 0 Å². The first-order valence-corrected chi connectivity index (χ1v) is 7.54. The molecule has 23 heavy (non-hydrogen) atoms. The third-order valence-corrected chi connectivity index (χ3v) is 4.58. The van der Waals surface area contributed by atoms with Gasteiger partial charge in [-0.05, 0) is 29.8 Å². The zero-order chi connectivity index (χ0) is 15.9. The van der Waals surface area contributed by atoms with E-state index in [2.05, 4.69) is 10.2 Å². The second-order valence-electron chi connectivity index (χ2n) is 5.79. The number of ketones is 1. The van der Waals surface area contributed by atoms with Gasteiger partial charge in [0.25, 0.3) is 0 Å². The van der Waals surface area contributed by atoms with E-state index < -0.39 is 5.54 Å². The van der Waals surface area contributed by atoms with Crippen molar-refractivity contribution in [3.05, 3.63) is 59.7 Å². The quantitative estimate of drug-likeness (QED) is 0.855. The molecule has 2 aromatic rings. The Morgan fingerprint density at radius 2 is 1.96 bits per heavy atom. The minimum absolute atomic E-state index is 0.0126. The van der Waals surface area contributed by atoms with Crippen LogP contribution in [0.1, 0.15) is 21.8 Å². The van der Waals surface area contributed by atoms with Crippen molar-refractivity contribution in [2.75, 3.05) is 20.3 Å². The summed E-state index contributed by atoms with van der Waals surface area (Å²) >= 11 is 0. The number of hydrogen-bond acceptors (Lipinski definition) is 5. The first-order valence-electron chi connectivity index (χ1n) is 7.54. The van der Waals surface area contributed by atoms with Gasteiger partial charge in [-0.3, -0.25) is 4.79 Å². The number of hydrogen-bond donors (Lipinski definition) is 0. The van der Waals surface area contributed by atoms with Crippen LogP contribution in [0.5, 0.6) is 11.5 Å². The monoisotopic (exact) mass is 308 g/mol. The predicted molar refractivity (Wildman–Crippen MR) is 84.5 cm³/mol. The highest BCUT2D eigenvalue weighted by Crippen LogP contribution is 2.44. The highest BCUT2D eigenvalue weighted by Gasteiger charge is 2.53. The molecule has 0 radical (unpaired) electrons. The Balaban J connectivity index is 1.74. The Morgan fingerprint density at radius 3 is 2.74 bits per heavy atom. The molecule has 0 bridgehead atoms. The number of para-hydroxylation sites is 1. The molecule has 0 unspecified atom stereocenters. The lowest BCUT2D eigenvalue weighted by Gasteiger charge is -2.34. The normalized spacial score (nSPS) is 25.3. The van der Waals surface area contributed by atoms with E-state index >= 15 is 0 Å². The lowest BCUT2D eigenvalue weighted by Crippen LogP contribution is -2.49. The summed E-state index contributed by atoms with van der Waals surface area (Å²) in [6, 6.07) is 15.0. The molecular weight excluding hydrogens is 292 g/mol. The average Bonchev–Trinajstić information content (AvgIpc) is 3.03. The van der Waals surface area contributed by atoms with Crippen LogP contribution in [0.25, 0.3) is 0 Å². The van der Waals surface area contributed by atoms with Crippen molar-refractivity contribution in [3.8, 4) is 11.5 Å². The summed E-state index contributed by atoms with van der Waals surface area (Å²) in [4.78, 5) is 13.1. The molecule has 5 heteroatoms. The van der Waals surface area contributed by atoms with E-state index in [0.29, 0.717) is 17.9 Å². The predicted octanol–water partition coefficient (Wildman–Crippen LogP) is 3.26. The molecule has 0 aromatic heterocycles. The maximum absolute atomic E-state index is 13.1. The van der Waals surface area contributed by atoms with Gasteiger partial charge in [-0.1, -0.05) is 24.3 Å². The van der Waals surface area contributed by atoms with Gasteiger partial charge in [-0.15, -0.1) is 0 Å². The molecule has 0 saturated carbocycles. The molecule has 2 aromatic carbocycles. The van der Waals surface area contributed by atoms with Crippen LogP contribution in [0.2, 0.25) is 0 Å². The van der Waals surface area contributed by atoms with E-state index in [-0.39, 0.29) is 18.3 Å². The maximum atomic E-state index is 13.1. The molecule has 0 N–H and O–H groups in total. The van der Waals surface area contributed by atoms with Gasteiger partial charge < -0.3 is 9.47 Å². The van der Waals surface area contributed by atoms with Gasteiger partial charge in [0, 0.05) is 5.92 Å². The molecular formula is C18H16N2O3. The summed E-state index contributed by atoms with van der Waals surface area (Å²) in [6.45, 7) is 0.715. The molecule has 2 aliphatic heterocycles. The van der Waals surface area contributed by atoms with Crippen molar-refractivity contribution >= 4 is 5.78 Å². The fraction of sp³-hybridized carbons (Fsp3) is 0.278. The van der Waals surface area contributed by atoms with Crippen LogP contribution in [0, 0.1) is 0 Å². The van der Waals surface area contributed by atoms with Crippen molar-refractivity contribution in [2.24, 2.45) is 10.2 Å². The fourth-order valence-electron chi connectivity index (χ4n) is 3.29. The number of carbonyl (C=O) groups is 1. The number of fused-ring (bicyclic) bond motifs is 1. The lowest BCUT2D eigenvalue weighted by molar-refractivity contribution is 0.0759. The van der Waals surface area contributed by atoms with Crippen LogP contribution in [-0.4, -0.2) is 31.6 Å². The molecule has 0 saturated heterocycles. The summed E-state index contributed by atoms with van der Waals surface area (Å²) in [6.07, 6.45) is 0. The van der Waals surface area contributed by atoms with Crippen molar-refractivity contribution in [3.63, 3.8) is 0 Å². The van der Waals surface area contributed by atoms with E-state index in [1.54, 1.807) is 13.2 Å². The van der Waals surface area contributed by atoms with Crippen molar-refractivity contribution in [1.82, 2.24) is 0 Å². The Kier molecular flexibility index (Phi) is 3.15. The van der Waals surface area contributed by atoms with Gasteiger partial charge in [0.15, 0.2) is 11.3 Å². The number of rotatable bonds is 2. The molecule has 116 valence electrons. The van der Waals surface area contributed by atoms with E-state index in [4.69, 9.17) is 9.47 Å². The van der Waals surface area contributed by atoms with Crippen LogP contribution in [0.3, 0.4) is 0 Å². The lowest BCUT2D eigenvalue weighted by atomic mass is 9.75. The van der Waals surface area contributed by atoms with Gasteiger partial charge in [0.05, 0.1) is 19.2 Å².